The van der Waals surface area contributed by atoms with E-state index < -0.39 is 18.1 Å². The summed E-state index contributed by atoms with van der Waals surface area (Å²) in [5.41, 5.74) is 14.5. The van der Waals surface area contributed by atoms with E-state index >= 15 is 0 Å². The zero-order valence-electron chi connectivity index (χ0n) is 43.0. The predicted molar refractivity (Wildman–Crippen MR) is 287 cm³/mol. The number of aliphatic hydroxyl groups is 1. The van der Waals surface area contributed by atoms with Gasteiger partial charge in [0.15, 0.2) is 17.4 Å². The number of nitrogen functional groups attached to an aromatic ring is 1. The molecule has 18 nitrogen and oxygen atoms in total. The highest BCUT2D eigenvalue weighted by atomic mass is 32.1. The fourth-order valence-corrected chi connectivity index (χ4v) is 12.6. The summed E-state index contributed by atoms with van der Waals surface area (Å²) in [4.78, 5) is 46.9. The maximum atomic E-state index is 14.4. The lowest BCUT2D eigenvalue weighted by molar-refractivity contribution is -0.141. The van der Waals surface area contributed by atoms with Crippen molar-refractivity contribution in [1.29, 1.82) is 0 Å². The lowest BCUT2D eigenvalue weighted by Crippen LogP contribution is -2.57. The van der Waals surface area contributed by atoms with Gasteiger partial charge in [0, 0.05) is 93.7 Å². The number of thiazole rings is 1. The van der Waals surface area contributed by atoms with Gasteiger partial charge >= 0.3 is 0 Å². The third-order valence-electron chi connectivity index (χ3n) is 16.0. The smallest absolute Gasteiger partial charge is 0.243 e. The second-order valence-electron chi connectivity index (χ2n) is 21.4. The van der Waals surface area contributed by atoms with Gasteiger partial charge in [-0.25, -0.2) is 9.97 Å². The van der Waals surface area contributed by atoms with Gasteiger partial charge in [0.1, 0.15) is 23.8 Å². The number of ether oxygens (including phenoxy) is 2. The van der Waals surface area contributed by atoms with E-state index in [1.54, 1.807) is 23.5 Å². The molecule has 4 aromatic heterocycles. The molecular weight excluding hydrogens is 971 g/mol. The highest BCUT2D eigenvalue weighted by Crippen LogP contribution is 2.40. The Labute approximate surface area is 441 Å². The van der Waals surface area contributed by atoms with Gasteiger partial charge in [-0.15, -0.1) is 21.5 Å². The number of rotatable bonds is 15. The molecule has 5 saturated heterocycles. The number of nitrogens with one attached hydrogen (secondary N) is 1. The number of hydrogen-bond donors (Lipinski definition) is 4. The lowest BCUT2D eigenvalue weighted by atomic mass is 9.91. The molecule has 2 unspecified atom stereocenters. The van der Waals surface area contributed by atoms with Gasteiger partial charge in [-0.3, -0.25) is 9.59 Å². The number of phenolic OH excluding ortho intramolecular Hbond substituents is 1. The van der Waals surface area contributed by atoms with E-state index in [4.69, 9.17) is 19.7 Å². The molecule has 12 rings (SSSR count). The van der Waals surface area contributed by atoms with Crippen molar-refractivity contribution in [3.8, 4) is 33.3 Å². The van der Waals surface area contributed by atoms with Crippen molar-refractivity contribution < 1.29 is 33.8 Å². The number of para-hydroxylation sites is 1. The molecule has 6 atom stereocenters. The van der Waals surface area contributed by atoms with Crippen molar-refractivity contribution in [2.45, 2.75) is 134 Å². The minimum Gasteiger partial charge on any atom is -0.507 e. The molecule has 6 aromatic rings. The van der Waals surface area contributed by atoms with Crippen molar-refractivity contribution >= 4 is 46.2 Å². The van der Waals surface area contributed by atoms with E-state index in [1.165, 1.54) is 4.90 Å². The Kier molecular flexibility index (Phi) is 14.4. The number of aromatic nitrogens is 5. The maximum absolute atomic E-state index is 14.4. The highest BCUT2D eigenvalue weighted by molar-refractivity contribution is 7.13. The number of hydrogen-bond acceptors (Lipinski definition) is 17. The second-order valence-corrected chi connectivity index (χ2v) is 22.2. The van der Waals surface area contributed by atoms with Crippen LogP contribution in [-0.2, 0) is 14.3 Å². The number of β-amino-alcohol motifs (C(OH)–C–C–N with tert-alkyl or cyclic N) is 1. The maximum Gasteiger partial charge on any atom is 0.243 e. The quantitative estimate of drug-likeness (QED) is 0.0775. The molecule has 2 bridgehead atoms. The van der Waals surface area contributed by atoms with E-state index in [9.17, 15) is 19.8 Å². The van der Waals surface area contributed by atoms with Crippen LogP contribution in [0.5, 0.6) is 11.6 Å². The number of phenols is 1. The number of piperazine rings is 1. The molecule has 5 aliphatic heterocycles. The van der Waals surface area contributed by atoms with Crippen LogP contribution in [0.25, 0.3) is 21.7 Å². The molecule has 75 heavy (non-hydrogen) atoms. The normalized spacial score (nSPS) is 23.8. The summed E-state index contributed by atoms with van der Waals surface area (Å²) in [6.45, 7) is 11.0. The molecule has 1 aliphatic carbocycles. The summed E-state index contributed by atoms with van der Waals surface area (Å²) >= 11 is 1.59. The standard InChI is InChI=1S/C56H67N11O7S/c1-32(2)52(56(71)67-30-40(68)23-47(67)55(70)60-33(3)35-12-14-36(15-13-35)53-34(4)59-31-75-53)49-27-50(63-74-49)64-20-17-41(18-21-64)72-42-24-43(25-42)73-51-22-37(16-19-58-51)65-28-39-9-7-8-38(65)29-66(39)46-26-45(61-62-54(46)57)44-10-5-6-11-48(44)69/h5-6,10-16,19,22,26-27,31-33,38-43,47,52,68-69H,7-9,17-18,20-21,23-25,28-30H2,1-4H3,(H2,57,62)(H,60,70)/t33-,38?,39?,40+,42?,43?,47-,52+/m0/s1. The largest absolute Gasteiger partial charge is 0.507 e. The fourth-order valence-electron chi connectivity index (χ4n) is 11.8. The van der Waals surface area contributed by atoms with Crippen molar-refractivity contribution in [2.75, 3.05) is 53.2 Å². The van der Waals surface area contributed by atoms with Crippen LogP contribution in [0.2, 0.25) is 0 Å². The lowest BCUT2D eigenvalue weighted by Gasteiger charge is -2.46. The van der Waals surface area contributed by atoms with Crippen LogP contribution in [0.1, 0.15) is 101 Å². The van der Waals surface area contributed by atoms with E-state index in [0.717, 1.165) is 104 Å². The predicted octanol–water partition coefficient (Wildman–Crippen LogP) is 7.67. The SMILES string of the molecule is Cc1ncsc1-c1ccc([C@H](C)NC(=O)[C@@H]2C[C@@H](O)CN2C(=O)[C@@H](c2cc(N3CCC(OC4CC(Oc5cc(N6CC7CCCC6CN7c6cc(-c7ccccc7O)nnc6N)ccn5)C4)CC3)no2)C(C)C)cc1. The highest BCUT2D eigenvalue weighted by Gasteiger charge is 2.44. The van der Waals surface area contributed by atoms with Crippen LogP contribution in [0.15, 0.2) is 89.0 Å². The first kappa shape index (κ1) is 50.3. The van der Waals surface area contributed by atoms with Crippen molar-refractivity contribution in [2.24, 2.45) is 5.92 Å². The summed E-state index contributed by atoms with van der Waals surface area (Å²) < 4.78 is 19.0. The number of piperidine rings is 1. The minimum atomic E-state index is -0.817. The molecular formula is C56H67N11O7S. The number of amides is 2. The van der Waals surface area contributed by atoms with E-state index in [2.05, 4.69) is 57.5 Å². The van der Waals surface area contributed by atoms with Crippen LogP contribution in [0, 0.1) is 12.8 Å². The second kappa shape index (κ2) is 21.4. The molecule has 9 heterocycles. The average molecular weight is 1040 g/mol. The number of fused-ring (bicyclic) bond motifs is 4. The number of benzene rings is 2. The Balaban J connectivity index is 0.646. The van der Waals surface area contributed by atoms with Crippen LogP contribution in [-0.4, -0.2) is 128 Å². The first-order valence-electron chi connectivity index (χ1n) is 26.6. The Morgan fingerprint density at radius 3 is 2.37 bits per heavy atom. The van der Waals surface area contributed by atoms with Crippen LogP contribution >= 0.6 is 11.3 Å². The number of carbonyl (C=O) groups excluding carboxylic acids is 2. The first-order valence-corrected chi connectivity index (χ1v) is 27.4. The number of aliphatic hydroxyl groups excluding tert-OH is 1. The molecule has 6 fully saturated rings. The number of carbonyl (C=O) groups is 2. The molecule has 0 spiro atoms. The van der Waals surface area contributed by atoms with Gasteiger partial charge in [-0.1, -0.05) is 55.4 Å². The van der Waals surface area contributed by atoms with Gasteiger partial charge in [0.05, 0.1) is 51.8 Å². The van der Waals surface area contributed by atoms with Crippen molar-refractivity contribution in [3.63, 3.8) is 0 Å². The monoisotopic (exact) mass is 1040 g/mol. The number of likely N-dealkylation sites (tertiary alicyclic amines) is 1. The van der Waals surface area contributed by atoms with Gasteiger partial charge in [-0.05, 0) is 87.3 Å². The number of pyridine rings is 1. The summed E-state index contributed by atoms with van der Waals surface area (Å²) in [7, 11) is 0. The van der Waals surface area contributed by atoms with Crippen LogP contribution in [0.3, 0.4) is 0 Å². The Morgan fingerprint density at radius 1 is 0.867 bits per heavy atom. The molecule has 5 N–H and O–H groups in total. The summed E-state index contributed by atoms with van der Waals surface area (Å²) in [6.07, 6.45) is 7.88. The average Bonchev–Trinajstić information content (AvgIpc) is 4.09. The van der Waals surface area contributed by atoms with E-state index in [-0.39, 0.29) is 72.9 Å². The molecule has 6 aliphatic rings. The van der Waals surface area contributed by atoms with E-state index in [1.807, 2.05) is 87.9 Å². The minimum absolute atomic E-state index is 0.0270. The molecule has 2 aromatic carbocycles. The molecule has 2 amide bonds. The number of aryl methyl sites for hydroxylation is 1. The Morgan fingerprint density at radius 2 is 1.63 bits per heavy atom. The summed E-state index contributed by atoms with van der Waals surface area (Å²) in [5, 5.41) is 37.5. The fraction of sp³-hybridized carbons (Fsp3) is 0.482. The molecule has 0 radical (unpaired) electrons. The Hall–Kier alpha value is -6.83. The summed E-state index contributed by atoms with van der Waals surface area (Å²) in [6, 6.07) is 22.6. The van der Waals surface area contributed by atoms with Crippen molar-refractivity contribution in [1.82, 2.24) is 35.5 Å². The number of nitrogens with two attached hydrogens (primary N) is 1. The number of anilines is 4. The zero-order chi connectivity index (χ0) is 51.9. The molecule has 1 saturated carbocycles. The topological polar surface area (TPSA) is 222 Å². The zero-order valence-corrected chi connectivity index (χ0v) is 43.8. The van der Waals surface area contributed by atoms with Gasteiger partial charge in [0.25, 0.3) is 0 Å². The van der Waals surface area contributed by atoms with Crippen molar-refractivity contribution in [3.05, 3.63) is 102 Å². The first-order chi connectivity index (χ1) is 36.3. The number of aromatic hydroxyl groups is 1. The van der Waals surface area contributed by atoms with Crippen LogP contribution < -0.4 is 30.5 Å². The van der Waals surface area contributed by atoms with Gasteiger partial charge < -0.3 is 54.9 Å². The Bertz CT molecular complexity index is 2970. The molecule has 394 valence electrons. The van der Waals surface area contributed by atoms with Gasteiger partial charge in [0.2, 0.25) is 17.7 Å². The summed E-state index contributed by atoms with van der Waals surface area (Å²) in [5.74, 6) is 0.903. The third-order valence-corrected chi connectivity index (χ3v) is 17.0. The third kappa shape index (κ3) is 10.6. The van der Waals surface area contributed by atoms with E-state index in [0.29, 0.717) is 34.5 Å². The molecule has 19 heteroatoms. The van der Waals surface area contributed by atoms with Crippen LogP contribution in [0.4, 0.5) is 23.0 Å². The number of nitrogens with zero attached hydrogens (tertiary/aromatic N) is 9. The van der Waals surface area contributed by atoms with Gasteiger partial charge in [-0.2, -0.15) is 0 Å².